The Morgan fingerprint density at radius 1 is 1.14 bits per heavy atom. The van der Waals surface area contributed by atoms with Crippen LogP contribution in [0.1, 0.15) is 30.3 Å². The van der Waals surface area contributed by atoms with Gasteiger partial charge < -0.3 is 19.8 Å². The predicted molar refractivity (Wildman–Crippen MR) is 111 cm³/mol. The van der Waals surface area contributed by atoms with E-state index in [1.54, 1.807) is 6.07 Å². The molecule has 1 amide bonds. The minimum atomic E-state index is -0.527. The number of carbonyl (C=O) groups is 1. The van der Waals surface area contributed by atoms with Gasteiger partial charge in [0.2, 0.25) is 0 Å². The second kappa shape index (κ2) is 7.95. The van der Waals surface area contributed by atoms with Crippen LogP contribution in [0.2, 0.25) is 5.02 Å². The van der Waals surface area contributed by atoms with E-state index in [0.717, 1.165) is 34.9 Å². The van der Waals surface area contributed by atoms with Crippen molar-refractivity contribution in [2.75, 3.05) is 19.8 Å². The van der Waals surface area contributed by atoms with Gasteiger partial charge in [0.1, 0.15) is 5.69 Å². The summed E-state index contributed by atoms with van der Waals surface area (Å²) in [6.45, 7) is 3.75. The largest absolute Gasteiger partial charge is 0.351 e. The minimum Gasteiger partial charge on any atom is -0.351 e. The Hall–Kier alpha value is -2.34. The molecule has 2 aromatic carbocycles. The molecule has 0 atom stereocenters. The van der Waals surface area contributed by atoms with Crippen molar-refractivity contribution in [1.29, 1.82) is 0 Å². The third kappa shape index (κ3) is 3.92. The van der Waals surface area contributed by atoms with Crippen LogP contribution >= 0.6 is 11.6 Å². The molecule has 0 aliphatic carbocycles. The number of ether oxygens (including phenoxy) is 2. The van der Waals surface area contributed by atoms with Crippen molar-refractivity contribution in [3.63, 3.8) is 0 Å². The number of benzene rings is 2. The Bertz CT molecular complexity index is 978. The summed E-state index contributed by atoms with van der Waals surface area (Å²) in [4.78, 5) is 16.1. The number of H-pyrrole nitrogens is 1. The maximum Gasteiger partial charge on any atom is 0.268 e. The fourth-order valence-electron chi connectivity index (χ4n) is 3.61. The molecule has 0 bridgehead atoms. The number of halogens is 1. The first-order valence-electron chi connectivity index (χ1n) is 9.48. The lowest BCUT2D eigenvalue weighted by Crippen LogP contribution is -2.29. The highest BCUT2D eigenvalue weighted by molar-refractivity contribution is 6.31. The van der Waals surface area contributed by atoms with Crippen LogP contribution in [0.25, 0.3) is 22.0 Å². The first-order valence-corrected chi connectivity index (χ1v) is 9.86. The van der Waals surface area contributed by atoms with E-state index in [1.807, 2.05) is 49.4 Å². The lowest BCUT2D eigenvalue weighted by atomic mass is 10.1. The van der Waals surface area contributed by atoms with Crippen molar-refractivity contribution in [3.8, 4) is 11.3 Å². The first kappa shape index (κ1) is 19.0. The van der Waals surface area contributed by atoms with Crippen molar-refractivity contribution in [2.45, 2.75) is 25.6 Å². The van der Waals surface area contributed by atoms with Gasteiger partial charge in [-0.25, -0.2) is 0 Å². The molecule has 0 spiro atoms. The molecule has 1 aromatic heterocycles. The van der Waals surface area contributed by atoms with Crippen molar-refractivity contribution < 1.29 is 14.3 Å². The number of aromatic amines is 1. The van der Waals surface area contributed by atoms with Gasteiger partial charge in [0.25, 0.3) is 5.91 Å². The van der Waals surface area contributed by atoms with Crippen LogP contribution in [0, 0.1) is 0 Å². The Balaban J connectivity index is 1.52. The molecule has 1 aliphatic heterocycles. The molecule has 0 unspecified atom stereocenters. The summed E-state index contributed by atoms with van der Waals surface area (Å²) in [7, 11) is 0. The summed E-state index contributed by atoms with van der Waals surface area (Å²) >= 11 is 6.21. The first-order chi connectivity index (χ1) is 13.6. The summed E-state index contributed by atoms with van der Waals surface area (Å²) in [5, 5.41) is 5.43. The van der Waals surface area contributed by atoms with Gasteiger partial charge in [-0.2, -0.15) is 0 Å². The van der Waals surface area contributed by atoms with Gasteiger partial charge >= 0.3 is 0 Å². The molecule has 0 saturated carbocycles. The summed E-state index contributed by atoms with van der Waals surface area (Å²) < 4.78 is 11.2. The molecule has 4 rings (SSSR count). The number of fused-ring (bicyclic) bond motifs is 1. The van der Waals surface area contributed by atoms with Gasteiger partial charge in [0.05, 0.1) is 18.9 Å². The second-order valence-corrected chi connectivity index (χ2v) is 7.56. The highest BCUT2D eigenvalue weighted by Crippen LogP contribution is 2.32. The fraction of sp³-hybridized carbons (Fsp3) is 0.318. The molecule has 3 aromatic rings. The van der Waals surface area contributed by atoms with Crippen LogP contribution in [-0.2, 0) is 9.47 Å². The highest BCUT2D eigenvalue weighted by Gasteiger charge is 2.30. The molecule has 2 heterocycles. The van der Waals surface area contributed by atoms with E-state index >= 15 is 0 Å². The zero-order valence-electron chi connectivity index (χ0n) is 15.8. The smallest absolute Gasteiger partial charge is 0.268 e. The number of rotatable bonds is 6. The average Bonchev–Trinajstić information content (AvgIpc) is 3.30. The van der Waals surface area contributed by atoms with Crippen LogP contribution in [-0.4, -0.2) is 36.4 Å². The Labute approximate surface area is 169 Å². The quantitative estimate of drug-likeness (QED) is 0.588. The normalized spacial score (nSPS) is 15.8. The Kier molecular flexibility index (Phi) is 5.40. The summed E-state index contributed by atoms with van der Waals surface area (Å²) in [5.41, 5.74) is 2.45. The third-order valence-corrected chi connectivity index (χ3v) is 5.29. The van der Waals surface area contributed by atoms with Gasteiger partial charge in [0, 0.05) is 28.8 Å². The lowest BCUT2D eigenvalue weighted by Gasteiger charge is -2.21. The number of carbonyl (C=O) groups excluding carboxylic acids is 1. The van der Waals surface area contributed by atoms with Gasteiger partial charge in [-0.3, -0.25) is 4.79 Å². The molecule has 6 heteroatoms. The zero-order valence-corrected chi connectivity index (χ0v) is 16.5. The van der Waals surface area contributed by atoms with Crippen molar-refractivity contribution in [1.82, 2.24) is 10.3 Å². The summed E-state index contributed by atoms with van der Waals surface area (Å²) in [6, 6.07) is 15.5. The van der Waals surface area contributed by atoms with Crippen LogP contribution < -0.4 is 5.32 Å². The molecule has 1 fully saturated rings. The molecule has 0 radical (unpaired) electrons. The highest BCUT2D eigenvalue weighted by atomic mass is 35.5. The van der Waals surface area contributed by atoms with Gasteiger partial charge in [0.15, 0.2) is 5.79 Å². The number of aromatic nitrogens is 1. The molecular formula is C22H23ClN2O3. The van der Waals surface area contributed by atoms with E-state index in [2.05, 4.69) is 10.3 Å². The van der Waals surface area contributed by atoms with Gasteiger partial charge in [-0.05, 0) is 31.0 Å². The van der Waals surface area contributed by atoms with E-state index in [9.17, 15) is 4.79 Å². The van der Waals surface area contributed by atoms with E-state index in [1.165, 1.54) is 0 Å². The molecule has 1 saturated heterocycles. The minimum absolute atomic E-state index is 0.132. The van der Waals surface area contributed by atoms with Crippen molar-refractivity contribution in [2.24, 2.45) is 0 Å². The Morgan fingerprint density at radius 3 is 2.64 bits per heavy atom. The summed E-state index contributed by atoms with van der Waals surface area (Å²) in [6.07, 6.45) is 1.52. The molecule has 5 nitrogen and oxygen atoms in total. The third-order valence-electron chi connectivity index (χ3n) is 5.05. The SMILES string of the molecule is CC1(CCCNC(=O)c2[nH]c(-c3ccccc3)c3cc(Cl)ccc23)OCCO1. The number of hydrogen-bond donors (Lipinski definition) is 2. The van der Waals surface area contributed by atoms with E-state index in [4.69, 9.17) is 21.1 Å². The van der Waals surface area contributed by atoms with Gasteiger partial charge in [-0.15, -0.1) is 0 Å². The number of amides is 1. The van der Waals surface area contributed by atoms with E-state index < -0.39 is 5.79 Å². The van der Waals surface area contributed by atoms with Crippen LogP contribution in [0.4, 0.5) is 0 Å². The molecular weight excluding hydrogens is 376 g/mol. The van der Waals surface area contributed by atoms with E-state index in [0.29, 0.717) is 30.5 Å². The van der Waals surface area contributed by atoms with E-state index in [-0.39, 0.29) is 5.91 Å². The van der Waals surface area contributed by atoms with Crippen molar-refractivity contribution in [3.05, 3.63) is 59.2 Å². The standard InChI is InChI=1S/C22H23ClN2O3/c1-22(27-12-13-28-22)10-5-11-24-21(26)20-17-9-8-16(23)14-18(17)19(25-20)15-6-3-2-4-7-15/h2-4,6-9,14,25H,5,10-13H2,1H3,(H,24,26). The topological polar surface area (TPSA) is 63.4 Å². The molecule has 28 heavy (non-hydrogen) atoms. The van der Waals surface area contributed by atoms with Crippen LogP contribution in [0.5, 0.6) is 0 Å². The molecule has 146 valence electrons. The Morgan fingerprint density at radius 2 is 1.89 bits per heavy atom. The van der Waals surface area contributed by atoms with Gasteiger partial charge in [-0.1, -0.05) is 48.0 Å². The number of hydrogen-bond acceptors (Lipinski definition) is 3. The van der Waals surface area contributed by atoms with Crippen molar-refractivity contribution >= 4 is 28.3 Å². The average molecular weight is 399 g/mol. The summed E-state index contributed by atoms with van der Waals surface area (Å²) in [5.74, 6) is -0.658. The maximum atomic E-state index is 12.8. The fourth-order valence-corrected chi connectivity index (χ4v) is 3.79. The zero-order chi connectivity index (χ0) is 19.6. The number of nitrogens with one attached hydrogen (secondary N) is 2. The van der Waals surface area contributed by atoms with Crippen LogP contribution in [0.15, 0.2) is 48.5 Å². The molecule has 2 N–H and O–H groups in total. The maximum absolute atomic E-state index is 12.8. The molecule has 1 aliphatic rings. The monoisotopic (exact) mass is 398 g/mol. The second-order valence-electron chi connectivity index (χ2n) is 7.12. The predicted octanol–water partition coefficient (Wildman–Crippen LogP) is 4.76. The lowest BCUT2D eigenvalue weighted by molar-refractivity contribution is -0.147. The van der Waals surface area contributed by atoms with Crippen LogP contribution in [0.3, 0.4) is 0 Å².